The van der Waals surface area contributed by atoms with Gasteiger partial charge in [0.1, 0.15) is 12.2 Å². The molecule has 0 radical (unpaired) electrons. The van der Waals surface area contributed by atoms with E-state index >= 15 is 0 Å². The van der Waals surface area contributed by atoms with Gasteiger partial charge in [-0.3, -0.25) is 4.79 Å². The summed E-state index contributed by atoms with van der Waals surface area (Å²) in [6.45, 7) is 8.63. The Morgan fingerprint density at radius 3 is 2.71 bits per heavy atom. The molecule has 1 heterocycles. The predicted octanol–water partition coefficient (Wildman–Crippen LogP) is 0.244. The molecule has 0 aliphatic carbocycles. The van der Waals surface area contributed by atoms with Gasteiger partial charge in [-0.2, -0.15) is 0 Å². The Morgan fingerprint density at radius 2 is 2.24 bits per heavy atom. The van der Waals surface area contributed by atoms with E-state index in [1.165, 1.54) is 4.68 Å². The Morgan fingerprint density at radius 1 is 1.59 bits per heavy atom. The van der Waals surface area contributed by atoms with E-state index in [0.717, 1.165) is 0 Å². The summed E-state index contributed by atoms with van der Waals surface area (Å²) in [6.07, 6.45) is 1.70. The van der Waals surface area contributed by atoms with Crippen LogP contribution in [0.15, 0.2) is 6.20 Å². The molecule has 0 atom stereocenters. The van der Waals surface area contributed by atoms with Gasteiger partial charge < -0.3 is 11.1 Å². The van der Waals surface area contributed by atoms with Gasteiger partial charge in [0, 0.05) is 6.54 Å². The number of hydrogen-bond acceptors (Lipinski definition) is 4. The van der Waals surface area contributed by atoms with Gasteiger partial charge in [-0.05, 0) is 19.8 Å². The number of aromatic nitrogens is 3. The van der Waals surface area contributed by atoms with Gasteiger partial charge in [0.05, 0.1) is 11.7 Å². The molecule has 6 heteroatoms. The molecule has 0 fully saturated rings. The third-order valence-electron chi connectivity index (χ3n) is 2.21. The van der Waals surface area contributed by atoms with Crippen molar-refractivity contribution in [1.82, 2.24) is 20.3 Å². The monoisotopic (exact) mass is 239 g/mol. The molecule has 0 saturated heterocycles. The van der Waals surface area contributed by atoms with Gasteiger partial charge in [-0.15, -0.1) is 5.10 Å². The Bertz CT molecular complexity index is 377. The molecule has 1 aromatic heterocycles. The summed E-state index contributed by atoms with van der Waals surface area (Å²) in [6, 6.07) is 0. The highest BCUT2D eigenvalue weighted by Gasteiger charge is 2.18. The Balaban J connectivity index is 2.52. The van der Waals surface area contributed by atoms with E-state index in [9.17, 15) is 4.79 Å². The van der Waals surface area contributed by atoms with Crippen LogP contribution in [0.3, 0.4) is 0 Å². The fourth-order valence-corrected chi connectivity index (χ4v) is 1.19. The SMILES string of the molecule is CC(C)CNC(=O)Cn1cc(C(C)(C)N)nn1. The highest BCUT2D eigenvalue weighted by Crippen LogP contribution is 2.12. The predicted molar refractivity (Wildman–Crippen MR) is 65.1 cm³/mol. The standard InChI is InChI=1S/C11H21N5O/c1-8(2)5-13-10(17)7-16-6-9(14-15-16)11(3,4)12/h6,8H,5,7,12H2,1-4H3,(H,13,17). The van der Waals surface area contributed by atoms with E-state index in [1.807, 2.05) is 27.7 Å². The first kappa shape index (κ1) is 13.6. The van der Waals surface area contributed by atoms with Crippen molar-refractivity contribution in [1.29, 1.82) is 0 Å². The summed E-state index contributed by atoms with van der Waals surface area (Å²) in [5.41, 5.74) is 6.02. The fourth-order valence-electron chi connectivity index (χ4n) is 1.19. The molecule has 3 N–H and O–H groups in total. The zero-order valence-electron chi connectivity index (χ0n) is 10.9. The lowest BCUT2D eigenvalue weighted by molar-refractivity contribution is -0.122. The molecule has 0 spiro atoms. The second-order valence-electron chi connectivity index (χ2n) is 5.22. The van der Waals surface area contributed by atoms with E-state index in [1.54, 1.807) is 6.20 Å². The maximum absolute atomic E-state index is 11.5. The number of nitrogens with one attached hydrogen (secondary N) is 1. The van der Waals surface area contributed by atoms with Crippen LogP contribution in [0.2, 0.25) is 0 Å². The lowest BCUT2D eigenvalue weighted by atomic mass is 10.0. The minimum absolute atomic E-state index is 0.0648. The largest absolute Gasteiger partial charge is 0.354 e. The number of carbonyl (C=O) groups excluding carboxylic acids is 1. The van der Waals surface area contributed by atoms with Gasteiger partial charge in [0.15, 0.2) is 0 Å². The van der Waals surface area contributed by atoms with Gasteiger partial charge in [-0.1, -0.05) is 19.1 Å². The first-order valence-corrected chi connectivity index (χ1v) is 5.75. The topological polar surface area (TPSA) is 85.8 Å². The molecule has 0 aromatic carbocycles. The summed E-state index contributed by atoms with van der Waals surface area (Å²) >= 11 is 0. The van der Waals surface area contributed by atoms with Crippen molar-refractivity contribution in [3.63, 3.8) is 0 Å². The number of amides is 1. The van der Waals surface area contributed by atoms with Crippen molar-refractivity contribution in [2.45, 2.75) is 39.8 Å². The van der Waals surface area contributed by atoms with Crippen LogP contribution >= 0.6 is 0 Å². The molecule has 0 aliphatic rings. The summed E-state index contributed by atoms with van der Waals surface area (Å²) in [4.78, 5) is 11.5. The van der Waals surface area contributed by atoms with Gasteiger partial charge in [0.2, 0.25) is 5.91 Å². The van der Waals surface area contributed by atoms with E-state index in [4.69, 9.17) is 5.73 Å². The number of hydrogen-bond donors (Lipinski definition) is 2. The number of carbonyl (C=O) groups is 1. The lowest BCUT2D eigenvalue weighted by Crippen LogP contribution is -2.31. The second kappa shape index (κ2) is 5.27. The van der Waals surface area contributed by atoms with E-state index < -0.39 is 5.54 Å². The molecule has 0 aliphatic heterocycles. The fraction of sp³-hybridized carbons (Fsp3) is 0.727. The highest BCUT2D eigenvalue weighted by molar-refractivity contribution is 5.75. The smallest absolute Gasteiger partial charge is 0.241 e. The zero-order chi connectivity index (χ0) is 13.1. The third kappa shape index (κ3) is 4.52. The molecule has 96 valence electrons. The van der Waals surface area contributed by atoms with Gasteiger partial charge in [0.25, 0.3) is 0 Å². The molecule has 1 amide bonds. The molecule has 1 rings (SSSR count). The Hall–Kier alpha value is -1.43. The lowest BCUT2D eigenvalue weighted by Gasteiger charge is -2.13. The molecule has 6 nitrogen and oxygen atoms in total. The highest BCUT2D eigenvalue weighted by atomic mass is 16.2. The summed E-state index contributed by atoms with van der Waals surface area (Å²) in [7, 11) is 0. The molecule has 17 heavy (non-hydrogen) atoms. The van der Waals surface area contributed by atoms with Crippen LogP contribution in [-0.2, 0) is 16.9 Å². The average molecular weight is 239 g/mol. The van der Waals surface area contributed by atoms with Crippen molar-refractivity contribution in [2.75, 3.05) is 6.54 Å². The normalized spacial score (nSPS) is 11.9. The van der Waals surface area contributed by atoms with Crippen LogP contribution in [0.25, 0.3) is 0 Å². The Kier molecular flexibility index (Phi) is 4.22. The van der Waals surface area contributed by atoms with Crippen molar-refractivity contribution in [3.05, 3.63) is 11.9 Å². The maximum Gasteiger partial charge on any atom is 0.241 e. The van der Waals surface area contributed by atoms with Gasteiger partial charge >= 0.3 is 0 Å². The van der Waals surface area contributed by atoms with E-state index in [0.29, 0.717) is 18.2 Å². The van der Waals surface area contributed by atoms with Crippen LogP contribution in [0, 0.1) is 5.92 Å². The summed E-state index contributed by atoms with van der Waals surface area (Å²) < 4.78 is 1.50. The maximum atomic E-state index is 11.5. The first-order valence-electron chi connectivity index (χ1n) is 5.75. The molecular formula is C11H21N5O. The molecule has 0 bridgehead atoms. The molecular weight excluding hydrogens is 218 g/mol. The van der Waals surface area contributed by atoms with Crippen LogP contribution in [-0.4, -0.2) is 27.4 Å². The van der Waals surface area contributed by atoms with Gasteiger partial charge in [-0.25, -0.2) is 4.68 Å². The van der Waals surface area contributed by atoms with Crippen molar-refractivity contribution < 1.29 is 4.79 Å². The van der Waals surface area contributed by atoms with Crippen molar-refractivity contribution >= 4 is 5.91 Å². The average Bonchev–Trinajstić information content (AvgIpc) is 2.62. The third-order valence-corrected chi connectivity index (χ3v) is 2.21. The first-order chi connectivity index (χ1) is 7.79. The van der Waals surface area contributed by atoms with Crippen LogP contribution in [0.5, 0.6) is 0 Å². The Labute approximate surface area is 102 Å². The van der Waals surface area contributed by atoms with Crippen LogP contribution in [0.4, 0.5) is 0 Å². The number of nitrogens with zero attached hydrogens (tertiary/aromatic N) is 3. The molecule has 0 unspecified atom stereocenters. The second-order valence-corrected chi connectivity index (χ2v) is 5.22. The minimum atomic E-state index is -0.535. The number of nitrogens with two attached hydrogens (primary N) is 1. The quantitative estimate of drug-likeness (QED) is 0.771. The van der Waals surface area contributed by atoms with Crippen LogP contribution in [0.1, 0.15) is 33.4 Å². The summed E-state index contributed by atoms with van der Waals surface area (Å²) in [5, 5.41) is 10.6. The van der Waals surface area contributed by atoms with E-state index in [2.05, 4.69) is 15.6 Å². The minimum Gasteiger partial charge on any atom is -0.354 e. The number of rotatable bonds is 5. The van der Waals surface area contributed by atoms with E-state index in [-0.39, 0.29) is 12.5 Å². The van der Waals surface area contributed by atoms with Crippen molar-refractivity contribution in [3.8, 4) is 0 Å². The zero-order valence-corrected chi connectivity index (χ0v) is 10.9. The van der Waals surface area contributed by atoms with Crippen LogP contribution < -0.4 is 11.1 Å². The molecule has 1 aromatic rings. The molecule has 0 saturated carbocycles. The van der Waals surface area contributed by atoms with Crippen molar-refractivity contribution in [2.24, 2.45) is 11.7 Å². The summed E-state index contributed by atoms with van der Waals surface area (Å²) in [5.74, 6) is 0.373.